The highest BCUT2D eigenvalue weighted by molar-refractivity contribution is 5.84. The van der Waals surface area contributed by atoms with E-state index in [1.165, 1.54) is 19.1 Å². The molecule has 18 heavy (non-hydrogen) atoms. The molecule has 0 bridgehead atoms. The second-order valence-electron chi connectivity index (χ2n) is 3.72. The molecule has 3 nitrogen and oxygen atoms in total. The molecule has 1 rings (SSSR count). The van der Waals surface area contributed by atoms with E-state index < -0.39 is 24.0 Å². The van der Waals surface area contributed by atoms with Crippen LogP contribution >= 0.6 is 0 Å². The third-order valence-corrected chi connectivity index (χ3v) is 2.18. The van der Waals surface area contributed by atoms with Gasteiger partial charge in [-0.1, -0.05) is 0 Å². The molecule has 0 saturated carbocycles. The molecule has 1 amide bonds. The lowest BCUT2D eigenvalue weighted by atomic mass is 10.2. The van der Waals surface area contributed by atoms with Crippen molar-refractivity contribution < 1.29 is 31.2 Å². The van der Waals surface area contributed by atoms with Gasteiger partial charge in [0.15, 0.2) is 0 Å². The summed E-state index contributed by atoms with van der Waals surface area (Å²) in [6, 6.07) is 1.80. The number of hydrogen-bond acceptors (Lipinski definition) is 2. The van der Waals surface area contributed by atoms with Crippen molar-refractivity contribution in [1.82, 2.24) is 5.32 Å². The summed E-state index contributed by atoms with van der Waals surface area (Å²) >= 11 is 0. The molecular weight excluding hydrogens is 261 g/mol. The summed E-state index contributed by atoms with van der Waals surface area (Å²) < 4.78 is 66.0. The number of carbonyl (C=O) groups excluding carboxylic acids is 1. The van der Waals surface area contributed by atoms with E-state index in [2.05, 4.69) is 0 Å². The van der Waals surface area contributed by atoms with E-state index in [9.17, 15) is 26.7 Å². The topological polar surface area (TPSA) is 42.2 Å². The quantitative estimate of drug-likeness (QED) is 0.859. The zero-order valence-electron chi connectivity index (χ0n) is 9.44. The lowest BCUT2D eigenvalue weighted by Crippen LogP contribution is -2.50. The van der Waals surface area contributed by atoms with Gasteiger partial charge in [0.2, 0.25) is 0 Å². The smallest absolute Gasteiger partial charge is 0.463 e. The highest BCUT2D eigenvalue weighted by Crippen LogP contribution is 2.36. The van der Waals surface area contributed by atoms with Crippen molar-refractivity contribution >= 4 is 5.91 Å². The molecule has 1 aromatic heterocycles. The molecule has 1 unspecified atom stereocenters. The Balaban J connectivity index is 2.77. The number of furan rings is 1. The van der Waals surface area contributed by atoms with Crippen molar-refractivity contribution in [2.24, 2.45) is 0 Å². The van der Waals surface area contributed by atoms with E-state index in [4.69, 9.17) is 4.42 Å². The molecule has 0 radical (unpaired) electrons. The zero-order valence-corrected chi connectivity index (χ0v) is 9.44. The van der Waals surface area contributed by atoms with Gasteiger partial charge in [-0.15, -0.1) is 0 Å². The zero-order chi connectivity index (χ0) is 14.1. The number of alkyl halides is 5. The van der Waals surface area contributed by atoms with Crippen LogP contribution < -0.4 is 5.32 Å². The van der Waals surface area contributed by atoms with Gasteiger partial charge < -0.3 is 9.73 Å². The second kappa shape index (κ2) is 4.58. The molecule has 1 atom stereocenters. The third-order valence-electron chi connectivity index (χ3n) is 2.18. The molecule has 102 valence electrons. The van der Waals surface area contributed by atoms with Crippen molar-refractivity contribution in [3.05, 3.63) is 23.7 Å². The average molecular weight is 271 g/mol. The summed E-state index contributed by atoms with van der Waals surface area (Å²) in [5, 5.41) is 1.55. The lowest BCUT2D eigenvalue weighted by Gasteiger charge is -2.20. The molecule has 0 aliphatic carbocycles. The van der Waals surface area contributed by atoms with Crippen molar-refractivity contribution in [2.75, 3.05) is 0 Å². The summed E-state index contributed by atoms with van der Waals surface area (Å²) in [6.07, 6.45) is -5.92. The molecule has 0 fully saturated rings. The Bertz CT molecular complexity index is 438. The molecule has 0 aliphatic rings. The van der Waals surface area contributed by atoms with Gasteiger partial charge in [0.1, 0.15) is 11.5 Å². The molecule has 1 N–H and O–H groups in total. The fraction of sp³-hybridized carbons (Fsp3) is 0.500. The van der Waals surface area contributed by atoms with Crippen LogP contribution in [0.2, 0.25) is 0 Å². The van der Waals surface area contributed by atoms with E-state index >= 15 is 0 Å². The van der Waals surface area contributed by atoms with Crippen LogP contribution in [0, 0.1) is 6.92 Å². The minimum atomic E-state index is -5.92. The molecule has 0 aliphatic heterocycles. The monoisotopic (exact) mass is 271 g/mol. The SMILES string of the molecule is Cc1ccc(C(C)NC(=O)C(F)(F)C(F)(F)F)o1. The lowest BCUT2D eigenvalue weighted by molar-refractivity contribution is -0.270. The Morgan fingerprint density at radius 1 is 1.28 bits per heavy atom. The minimum absolute atomic E-state index is 0.0961. The summed E-state index contributed by atoms with van der Waals surface area (Å²) in [6.45, 7) is 2.81. The maximum atomic E-state index is 12.6. The first kappa shape index (κ1) is 14.5. The van der Waals surface area contributed by atoms with Crippen molar-refractivity contribution in [2.45, 2.75) is 32.0 Å². The second-order valence-corrected chi connectivity index (χ2v) is 3.72. The van der Waals surface area contributed by atoms with Crippen molar-refractivity contribution in [3.63, 3.8) is 0 Å². The Labute approximate surface area is 99.0 Å². The molecule has 1 heterocycles. The highest BCUT2D eigenvalue weighted by Gasteiger charge is 2.63. The summed E-state index contributed by atoms with van der Waals surface area (Å²) in [5.41, 5.74) is 0. The number of halogens is 5. The van der Waals surface area contributed by atoms with E-state index in [-0.39, 0.29) is 5.76 Å². The first-order valence-electron chi connectivity index (χ1n) is 4.87. The largest absolute Gasteiger partial charge is 0.464 e. The third kappa shape index (κ3) is 2.80. The molecule has 8 heteroatoms. The van der Waals surface area contributed by atoms with Crippen molar-refractivity contribution in [3.8, 4) is 0 Å². The molecule has 0 saturated heterocycles. The number of amides is 1. The van der Waals surface area contributed by atoms with Crippen LogP contribution in [0.3, 0.4) is 0 Å². The number of nitrogens with one attached hydrogen (secondary N) is 1. The van der Waals surface area contributed by atoms with E-state index in [1.54, 1.807) is 12.2 Å². The van der Waals surface area contributed by atoms with Crippen molar-refractivity contribution in [1.29, 1.82) is 0 Å². The summed E-state index contributed by atoms with van der Waals surface area (Å²) in [7, 11) is 0. The Morgan fingerprint density at radius 2 is 1.83 bits per heavy atom. The van der Waals surface area contributed by atoms with Gasteiger partial charge >= 0.3 is 18.0 Å². The van der Waals surface area contributed by atoms with E-state index in [1.807, 2.05) is 0 Å². The first-order chi connectivity index (χ1) is 8.05. The average Bonchev–Trinajstić information content (AvgIpc) is 2.62. The van der Waals surface area contributed by atoms with Gasteiger partial charge in [-0.25, -0.2) is 0 Å². The van der Waals surface area contributed by atoms with E-state index in [0.717, 1.165) is 0 Å². The summed E-state index contributed by atoms with van der Waals surface area (Å²) in [5.74, 6) is -7.29. The fourth-order valence-electron chi connectivity index (χ4n) is 1.17. The van der Waals surface area contributed by atoms with Crippen LogP contribution in [0.1, 0.15) is 24.5 Å². The first-order valence-corrected chi connectivity index (χ1v) is 4.87. The molecule has 1 aromatic rings. The van der Waals surface area contributed by atoms with Crippen LogP contribution in [0.15, 0.2) is 16.5 Å². The number of rotatable bonds is 3. The Morgan fingerprint density at radius 3 is 2.22 bits per heavy atom. The molecular formula is C10H10F5NO2. The van der Waals surface area contributed by atoms with Gasteiger partial charge in [0.25, 0.3) is 0 Å². The predicted molar refractivity (Wildman–Crippen MR) is 51.0 cm³/mol. The number of carbonyl (C=O) groups is 1. The van der Waals surface area contributed by atoms with Crippen LogP contribution in [-0.4, -0.2) is 18.0 Å². The number of aryl methyl sites for hydroxylation is 1. The van der Waals surface area contributed by atoms with Crippen LogP contribution in [0.4, 0.5) is 22.0 Å². The van der Waals surface area contributed by atoms with Crippen LogP contribution in [0.5, 0.6) is 0 Å². The van der Waals surface area contributed by atoms with E-state index in [0.29, 0.717) is 5.76 Å². The maximum Gasteiger partial charge on any atom is 0.463 e. The molecule has 0 aromatic carbocycles. The predicted octanol–water partition coefficient (Wildman–Crippen LogP) is 2.96. The maximum absolute atomic E-state index is 12.6. The standard InChI is InChI=1S/C10H10F5NO2/c1-5-3-4-7(18-5)6(2)16-8(17)9(11,12)10(13,14)15/h3-4,6H,1-2H3,(H,16,17). The number of hydrogen-bond donors (Lipinski definition) is 1. The highest BCUT2D eigenvalue weighted by atomic mass is 19.4. The summed E-state index contributed by atoms with van der Waals surface area (Å²) in [4.78, 5) is 10.9. The Kier molecular flexibility index (Phi) is 3.68. The van der Waals surface area contributed by atoms with Gasteiger partial charge in [-0.05, 0) is 26.0 Å². The van der Waals surface area contributed by atoms with Gasteiger partial charge in [-0.3, -0.25) is 4.79 Å². The van der Waals surface area contributed by atoms with Gasteiger partial charge in [0, 0.05) is 0 Å². The van der Waals surface area contributed by atoms with Gasteiger partial charge in [-0.2, -0.15) is 22.0 Å². The van der Waals surface area contributed by atoms with Crippen LogP contribution in [-0.2, 0) is 4.79 Å². The van der Waals surface area contributed by atoms with Gasteiger partial charge in [0.05, 0.1) is 6.04 Å². The molecule has 0 spiro atoms. The fourth-order valence-corrected chi connectivity index (χ4v) is 1.17. The minimum Gasteiger partial charge on any atom is -0.464 e. The van der Waals surface area contributed by atoms with Crippen LogP contribution in [0.25, 0.3) is 0 Å². The normalized spacial score (nSPS) is 14.4. The Hall–Kier alpha value is -1.60.